The fourth-order valence-electron chi connectivity index (χ4n) is 2.49. The summed E-state index contributed by atoms with van der Waals surface area (Å²) >= 11 is 1.27. The first-order valence-corrected chi connectivity index (χ1v) is 8.81. The Morgan fingerprint density at radius 1 is 1.12 bits per heavy atom. The predicted molar refractivity (Wildman–Crippen MR) is 95.4 cm³/mol. The van der Waals surface area contributed by atoms with Crippen LogP contribution in [0.4, 0.5) is 4.39 Å². The molecule has 26 heavy (non-hydrogen) atoms. The number of fused-ring (bicyclic) bond motifs is 1. The van der Waals surface area contributed by atoms with Crippen LogP contribution in [0.25, 0.3) is 11.2 Å². The molecule has 4 rings (SSSR count). The van der Waals surface area contributed by atoms with Crippen LogP contribution in [0.2, 0.25) is 0 Å². The van der Waals surface area contributed by atoms with Gasteiger partial charge in [0.2, 0.25) is 0 Å². The highest BCUT2D eigenvalue weighted by molar-refractivity contribution is 7.98. The molecule has 1 aromatic carbocycles. The third kappa shape index (κ3) is 3.23. The van der Waals surface area contributed by atoms with E-state index in [1.54, 1.807) is 36.6 Å². The van der Waals surface area contributed by atoms with Crippen LogP contribution in [-0.2, 0) is 12.3 Å². The third-order valence-corrected chi connectivity index (χ3v) is 4.79. The largest absolute Gasteiger partial charge is 0.467 e. The molecule has 0 aliphatic rings. The Kier molecular flexibility index (Phi) is 4.49. The number of hydrogen-bond donors (Lipinski definition) is 0. The van der Waals surface area contributed by atoms with Crippen LogP contribution in [0.15, 0.2) is 69.4 Å². The van der Waals surface area contributed by atoms with Gasteiger partial charge in [0.1, 0.15) is 11.6 Å². The average Bonchev–Trinajstić information content (AvgIpc) is 3.17. The maximum Gasteiger partial charge on any atom is 0.282 e. The summed E-state index contributed by atoms with van der Waals surface area (Å²) in [4.78, 5) is 25.5. The number of halogens is 1. The van der Waals surface area contributed by atoms with E-state index in [4.69, 9.17) is 4.42 Å². The average molecular weight is 368 g/mol. The molecule has 0 N–H and O–H groups in total. The minimum atomic E-state index is -0.310. The highest BCUT2D eigenvalue weighted by atomic mass is 32.2. The van der Waals surface area contributed by atoms with Gasteiger partial charge in [-0.25, -0.2) is 19.3 Å². The summed E-state index contributed by atoms with van der Waals surface area (Å²) in [6.45, 7) is 0.213. The molecule has 0 atom stereocenters. The van der Waals surface area contributed by atoms with Gasteiger partial charge in [0.05, 0.1) is 12.8 Å². The molecule has 3 heterocycles. The van der Waals surface area contributed by atoms with Gasteiger partial charge in [-0.2, -0.15) is 0 Å². The fraction of sp³-hybridized carbons (Fsp3) is 0.111. The van der Waals surface area contributed by atoms with Crippen LogP contribution < -0.4 is 5.56 Å². The van der Waals surface area contributed by atoms with E-state index in [0.717, 1.165) is 0 Å². The van der Waals surface area contributed by atoms with E-state index < -0.39 is 0 Å². The van der Waals surface area contributed by atoms with Crippen molar-refractivity contribution >= 4 is 22.9 Å². The molecular formula is C18H13FN4O2S. The smallest absolute Gasteiger partial charge is 0.282 e. The summed E-state index contributed by atoms with van der Waals surface area (Å²) in [5.41, 5.74) is 0.685. The van der Waals surface area contributed by atoms with Crippen molar-refractivity contribution < 1.29 is 8.81 Å². The van der Waals surface area contributed by atoms with Gasteiger partial charge in [0.25, 0.3) is 5.56 Å². The first kappa shape index (κ1) is 16.5. The molecule has 6 nitrogen and oxygen atoms in total. The lowest BCUT2D eigenvalue weighted by molar-refractivity contribution is 0.476. The lowest BCUT2D eigenvalue weighted by Crippen LogP contribution is -2.25. The van der Waals surface area contributed by atoms with E-state index in [1.807, 2.05) is 0 Å². The molecule has 0 radical (unpaired) electrons. The number of hydrogen-bond acceptors (Lipinski definition) is 6. The number of thioether (sulfide) groups is 1. The first-order chi connectivity index (χ1) is 12.7. The van der Waals surface area contributed by atoms with Gasteiger partial charge < -0.3 is 4.42 Å². The maximum atomic E-state index is 13.9. The normalized spacial score (nSPS) is 11.1. The van der Waals surface area contributed by atoms with Gasteiger partial charge in [-0.1, -0.05) is 30.0 Å². The Morgan fingerprint density at radius 2 is 1.96 bits per heavy atom. The van der Waals surface area contributed by atoms with Crippen LogP contribution in [-0.4, -0.2) is 19.5 Å². The van der Waals surface area contributed by atoms with Gasteiger partial charge in [-0.3, -0.25) is 9.36 Å². The maximum absolute atomic E-state index is 13.9. The summed E-state index contributed by atoms with van der Waals surface area (Å²) < 4.78 is 20.7. The van der Waals surface area contributed by atoms with Crippen molar-refractivity contribution in [1.82, 2.24) is 19.5 Å². The molecule has 0 aliphatic heterocycles. The van der Waals surface area contributed by atoms with E-state index in [2.05, 4.69) is 15.0 Å². The summed E-state index contributed by atoms with van der Waals surface area (Å²) in [5.74, 6) is 0.661. The summed E-state index contributed by atoms with van der Waals surface area (Å²) in [7, 11) is 0. The van der Waals surface area contributed by atoms with Gasteiger partial charge in [-0.15, -0.1) is 0 Å². The Labute approximate surface area is 151 Å². The van der Waals surface area contributed by atoms with Crippen LogP contribution in [0.3, 0.4) is 0 Å². The molecule has 0 fully saturated rings. The number of furan rings is 1. The second-order valence-electron chi connectivity index (χ2n) is 5.47. The molecule has 4 aromatic rings. The third-order valence-electron chi connectivity index (χ3n) is 3.77. The Hall–Kier alpha value is -3.00. The van der Waals surface area contributed by atoms with Crippen molar-refractivity contribution in [1.29, 1.82) is 0 Å². The van der Waals surface area contributed by atoms with Crippen molar-refractivity contribution in [2.24, 2.45) is 0 Å². The van der Waals surface area contributed by atoms with E-state index in [9.17, 15) is 9.18 Å². The van der Waals surface area contributed by atoms with Crippen molar-refractivity contribution in [2.75, 3.05) is 0 Å². The van der Waals surface area contributed by atoms with Crippen molar-refractivity contribution in [3.8, 4) is 0 Å². The molecule has 0 amide bonds. The number of nitrogens with zero attached hydrogens (tertiary/aromatic N) is 4. The molecule has 0 saturated heterocycles. The lowest BCUT2D eigenvalue weighted by Gasteiger charge is -2.11. The number of benzene rings is 1. The summed E-state index contributed by atoms with van der Waals surface area (Å²) in [5, 5.41) is 0.433. The zero-order valence-electron chi connectivity index (χ0n) is 13.5. The Balaban J connectivity index is 1.76. The van der Waals surface area contributed by atoms with E-state index in [-0.39, 0.29) is 29.1 Å². The minimum Gasteiger partial charge on any atom is -0.467 e. The molecule has 8 heteroatoms. The van der Waals surface area contributed by atoms with Crippen LogP contribution in [0.5, 0.6) is 0 Å². The first-order valence-electron chi connectivity index (χ1n) is 7.82. The van der Waals surface area contributed by atoms with Crippen molar-refractivity contribution in [3.05, 3.63) is 82.5 Å². The van der Waals surface area contributed by atoms with Gasteiger partial charge >= 0.3 is 0 Å². The molecule has 0 aliphatic carbocycles. The SMILES string of the molecule is O=c1c2nccnc2nc(SCc2ccccc2F)n1Cc1ccco1. The highest BCUT2D eigenvalue weighted by Crippen LogP contribution is 2.23. The summed E-state index contributed by atoms with van der Waals surface area (Å²) in [6, 6.07) is 10.1. The lowest BCUT2D eigenvalue weighted by atomic mass is 10.2. The summed E-state index contributed by atoms with van der Waals surface area (Å²) in [6.07, 6.45) is 4.48. The zero-order chi connectivity index (χ0) is 17.9. The second kappa shape index (κ2) is 7.09. The Bertz CT molecular complexity index is 1110. The molecule has 130 valence electrons. The molecule has 0 bridgehead atoms. The monoisotopic (exact) mass is 368 g/mol. The Morgan fingerprint density at radius 3 is 2.77 bits per heavy atom. The molecule has 0 unspecified atom stereocenters. The van der Waals surface area contributed by atoms with Gasteiger partial charge in [0, 0.05) is 18.1 Å². The molecule has 0 spiro atoms. The highest BCUT2D eigenvalue weighted by Gasteiger charge is 2.15. The molecule has 0 saturated carbocycles. The number of rotatable bonds is 5. The van der Waals surface area contributed by atoms with Crippen molar-refractivity contribution in [3.63, 3.8) is 0 Å². The van der Waals surface area contributed by atoms with Crippen LogP contribution in [0.1, 0.15) is 11.3 Å². The second-order valence-corrected chi connectivity index (χ2v) is 6.42. The predicted octanol–water partition coefficient (Wildman–Crippen LogP) is 3.26. The zero-order valence-corrected chi connectivity index (χ0v) is 14.3. The standard InChI is InChI=1S/C18H13FN4O2S/c19-14-6-2-1-4-12(14)11-26-18-22-16-15(20-7-8-21-16)17(24)23(18)10-13-5-3-9-25-13/h1-9H,10-11H2. The quantitative estimate of drug-likeness (QED) is 0.398. The minimum absolute atomic E-state index is 0.189. The van der Waals surface area contributed by atoms with Crippen molar-refractivity contribution in [2.45, 2.75) is 17.5 Å². The molecule has 3 aromatic heterocycles. The molecular weight excluding hydrogens is 355 g/mol. The van der Waals surface area contributed by atoms with Crippen LogP contribution >= 0.6 is 11.8 Å². The van der Waals surface area contributed by atoms with E-state index in [0.29, 0.717) is 22.2 Å². The van der Waals surface area contributed by atoms with E-state index >= 15 is 0 Å². The van der Waals surface area contributed by atoms with Gasteiger partial charge in [0.15, 0.2) is 16.3 Å². The fourth-order valence-corrected chi connectivity index (χ4v) is 3.47. The number of aromatic nitrogens is 4. The topological polar surface area (TPSA) is 73.8 Å². The van der Waals surface area contributed by atoms with Crippen LogP contribution in [0, 0.1) is 5.82 Å². The van der Waals surface area contributed by atoms with E-state index in [1.165, 1.54) is 34.8 Å². The van der Waals surface area contributed by atoms with Gasteiger partial charge in [-0.05, 0) is 23.8 Å².